The zero-order valence-corrected chi connectivity index (χ0v) is 47.1. The second kappa shape index (κ2) is 20.5. The summed E-state index contributed by atoms with van der Waals surface area (Å²) in [6.45, 7) is 17.7. The summed E-state index contributed by atoms with van der Waals surface area (Å²) < 4.78 is 24.0. The average molecular weight is 1110 g/mol. The Morgan fingerprint density at radius 3 is 2.26 bits per heavy atom. The molecule has 5 atom stereocenters. The Balaban J connectivity index is 0.724. The van der Waals surface area contributed by atoms with Crippen molar-refractivity contribution in [3.63, 3.8) is 0 Å². The Labute approximate surface area is 463 Å². The number of methoxy groups -OCH3 is 1. The number of carbonyl (C=O) groups is 5. The molecule has 0 saturated carbocycles. The van der Waals surface area contributed by atoms with Crippen LogP contribution in [0.25, 0.3) is 11.1 Å². The first-order valence-electron chi connectivity index (χ1n) is 27.3. The summed E-state index contributed by atoms with van der Waals surface area (Å²) in [5, 5.41) is 15.2. The number of hydrogen-bond donors (Lipinski definition) is 4. The molecule has 11 rings (SSSR count). The van der Waals surface area contributed by atoms with E-state index in [0.29, 0.717) is 76.2 Å². The van der Waals surface area contributed by atoms with Gasteiger partial charge in [0.25, 0.3) is 23.6 Å². The van der Waals surface area contributed by atoms with E-state index in [1.54, 1.807) is 50.4 Å². The Morgan fingerprint density at radius 2 is 1.56 bits per heavy atom. The quantitative estimate of drug-likeness (QED) is 0.0751. The van der Waals surface area contributed by atoms with E-state index in [1.165, 1.54) is 11.3 Å². The number of benzene rings is 1. The van der Waals surface area contributed by atoms with Crippen molar-refractivity contribution in [2.24, 2.45) is 5.41 Å². The van der Waals surface area contributed by atoms with Gasteiger partial charge in [-0.25, -0.2) is 19.5 Å². The summed E-state index contributed by atoms with van der Waals surface area (Å²) in [7, 11) is -3.51. The Hall–Kier alpha value is -7.07. The minimum absolute atomic E-state index is 0.0937. The highest BCUT2D eigenvalue weighted by atomic mass is 31.2. The van der Waals surface area contributed by atoms with Crippen molar-refractivity contribution < 1.29 is 52.7 Å². The zero-order chi connectivity index (χ0) is 56.9. The van der Waals surface area contributed by atoms with Gasteiger partial charge in [0.15, 0.2) is 0 Å². The number of carbonyl (C=O) groups excluding carboxylic acids is 5. The molecule has 0 radical (unpaired) electrons. The molecule has 6 aliphatic rings. The topological polar surface area (TPSA) is 257 Å². The van der Waals surface area contributed by atoms with Crippen molar-refractivity contribution in [2.75, 3.05) is 59.9 Å². The van der Waals surface area contributed by atoms with Crippen molar-refractivity contribution >= 4 is 66.1 Å². The summed E-state index contributed by atoms with van der Waals surface area (Å²) in [5.74, 6) is -1.81. The fourth-order valence-electron chi connectivity index (χ4n) is 13.2. The van der Waals surface area contributed by atoms with Crippen LogP contribution in [-0.4, -0.2) is 149 Å². The van der Waals surface area contributed by atoms with Crippen LogP contribution in [0.4, 0.5) is 28.7 Å². The van der Waals surface area contributed by atoms with Crippen LogP contribution in [0.5, 0.6) is 5.88 Å². The number of imide groups is 2. The minimum Gasteiger partial charge on any atom is -0.480 e. The van der Waals surface area contributed by atoms with Crippen molar-refractivity contribution in [3.05, 3.63) is 101 Å². The monoisotopic (exact) mass is 1110 g/mol. The van der Waals surface area contributed by atoms with Gasteiger partial charge in [0.1, 0.15) is 35.3 Å². The molecule has 1 aromatic carbocycles. The number of nitrogens with one attached hydrogen (secondary N) is 1. The molecule has 5 amide bonds. The molecule has 4 aromatic heterocycles. The highest BCUT2D eigenvalue weighted by Crippen LogP contribution is 2.44. The molecule has 3 fully saturated rings. The molecule has 1 aliphatic carbocycles. The molecule has 22 nitrogen and oxygen atoms in total. The number of rotatable bonds is 13. The molecule has 9 heterocycles. The van der Waals surface area contributed by atoms with Crippen LogP contribution in [0.3, 0.4) is 0 Å². The van der Waals surface area contributed by atoms with Crippen LogP contribution < -0.4 is 24.8 Å². The van der Waals surface area contributed by atoms with Crippen LogP contribution in [0, 0.1) is 5.41 Å². The Kier molecular flexibility index (Phi) is 14.0. The number of hydrogen-bond acceptors (Lipinski definition) is 16. The van der Waals surface area contributed by atoms with Crippen molar-refractivity contribution in [3.8, 4) is 17.0 Å². The first kappa shape index (κ1) is 54.9. The number of anilines is 5. The molecule has 0 bridgehead atoms. The molecule has 23 heteroatoms. The Morgan fingerprint density at radius 1 is 0.812 bits per heavy atom. The van der Waals surface area contributed by atoms with Crippen molar-refractivity contribution in [1.29, 1.82) is 0 Å². The average Bonchev–Trinajstić information content (AvgIpc) is 4.00. The number of fused-ring (bicyclic) bond motifs is 4. The van der Waals surface area contributed by atoms with E-state index >= 15 is 0 Å². The lowest BCUT2D eigenvalue weighted by Gasteiger charge is -2.48. The minimum atomic E-state index is -5.07. The van der Waals surface area contributed by atoms with E-state index in [9.17, 15) is 43.4 Å². The number of ether oxygens (including phenoxy) is 1. The van der Waals surface area contributed by atoms with Crippen LogP contribution in [0.15, 0.2) is 67.1 Å². The van der Waals surface area contributed by atoms with Crippen molar-refractivity contribution in [2.45, 2.75) is 130 Å². The fourth-order valence-corrected chi connectivity index (χ4v) is 13.7. The van der Waals surface area contributed by atoms with Gasteiger partial charge >= 0.3 is 7.82 Å². The number of pyridine rings is 3. The van der Waals surface area contributed by atoms with Gasteiger partial charge in [-0.3, -0.25) is 48.1 Å². The molecule has 5 aliphatic heterocycles. The number of phosphoric acid groups is 1. The van der Waals surface area contributed by atoms with Gasteiger partial charge in [0.2, 0.25) is 11.8 Å². The summed E-state index contributed by atoms with van der Waals surface area (Å²) in [4.78, 5) is 111. The molecule has 3 unspecified atom stereocenters. The number of nitrogens with zero attached hydrogens (tertiary/aromatic N) is 10. The summed E-state index contributed by atoms with van der Waals surface area (Å²) in [5.41, 5.74) is 6.41. The first-order valence-corrected chi connectivity index (χ1v) is 28.8. The van der Waals surface area contributed by atoms with E-state index in [1.807, 2.05) is 36.5 Å². The summed E-state index contributed by atoms with van der Waals surface area (Å²) in [6.07, 6.45) is 6.86. The van der Waals surface area contributed by atoms with E-state index < -0.39 is 49.3 Å². The molecule has 422 valence electrons. The lowest BCUT2D eigenvalue weighted by Crippen LogP contribution is -2.58. The molecule has 3 saturated heterocycles. The van der Waals surface area contributed by atoms with Gasteiger partial charge in [-0.2, -0.15) is 0 Å². The van der Waals surface area contributed by atoms with Gasteiger partial charge in [-0.1, -0.05) is 13.8 Å². The zero-order valence-electron chi connectivity index (χ0n) is 46.2. The number of amides is 5. The molecular weight excluding hydrogens is 1050 g/mol. The fraction of sp³-hybridized carbons (Fsp3) is 0.474. The lowest BCUT2D eigenvalue weighted by molar-refractivity contribution is -0.161. The number of phosphoric ester groups is 1. The van der Waals surface area contributed by atoms with Gasteiger partial charge in [-0.05, 0) is 132 Å². The van der Waals surface area contributed by atoms with Crippen LogP contribution >= 0.6 is 7.82 Å². The maximum atomic E-state index is 14.2. The molecule has 5 aromatic rings. The number of aliphatic hydroxyl groups is 1. The Bertz CT molecular complexity index is 3390. The second-order valence-electron chi connectivity index (χ2n) is 23.4. The van der Waals surface area contributed by atoms with Crippen LogP contribution in [0.2, 0.25) is 0 Å². The van der Waals surface area contributed by atoms with Gasteiger partial charge in [0.05, 0.1) is 35.7 Å². The maximum absolute atomic E-state index is 14.2. The third-order valence-electron chi connectivity index (χ3n) is 16.8. The predicted octanol–water partition coefficient (Wildman–Crippen LogP) is 6.24. The standard InChI is InChI=1S/C57H68N11O11P/c1-32-23-37(16-18-63(32)38-9-11-41-42(26-38)53(71)68(52(41)70)44-12-14-48(69)67(55(44)73)34(3)79-80(75,76)77)62-19-20-64(33(2)31-62)39-10-13-47(59-30-39)61-43-24-36(29-60-51(43)78-8)40-15-17-58-50(49(40)57(6,7)74)66-22-21-65-45(54(66)72)25-35-27-56(4,5)28-46(35)65/h9-11,13,15,17,24-26,29-30,32-34,37,44,74H,12,14,16,18-23,27-28,31H2,1-8H3,(H,59,61)(H2,75,76,77)/t32-,33-,34?,37?,44?/m0/s1. The normalized spacial score (nSPS) is 22.9. The number of likely N-dealkylation sites (tertiary alicyclic amines) is 1. The smallest absolute Gasteiger partial charge is 0.471 e. The van der Waals surface area contributed by atoms with E-state index in [4.69, 9.17) is 14.7 Å². The second-order valence-corrected chi connectivity index (χ2v) is 24.6. The third-order valence-corrected chi connectivity index (χ3v) is 17.3. The largest absolute Gasteiger partial charge is 0.480 e. The third kappa shape index (κ3) is 10.0. The van der Waals surface area contributed by atoms with Gasteiger partial charge in [0, 0.05) is 98.7 Å². The molecule has 80 heavy (non-hydrogen) atoms. The van der Waals surface area contributed by atoms with E-state index in [-0.39, 0.29) is 47.4 Å². The predicted molar refractivity (Wildman–Crippen MR) is 297 cm³/mol. The highest BCUT2D eigenvalue weighted by Gasteiger charge is 2.49. The first-order chi connectivity index (χ1) is 37.9. The maximum Gasteiger partial charge on any atom is 0.471 e. The van der Waals surface area contributed by atoms with Crippen LogP contribution in [0.1, 0.15) is 122 Å². The van der Waals surface area contributed by atoms with Crippen LogP contribution in [-0.2, 0) is 43.7 Å². The summed E-state index contributed by atoms with van der Waals surface area (Å²) >= 11 is 0. The van der Waals surface area contributed by atoms with Gasteiger partial charge in [-0.15, -0.1) is 0 Å². The molecule has 4 N–H and O–H groups in total. The number of piperazine rings is 1. The number of piperidine rings is 2. The van der Waals surface area contributed by atoms with Crippen molar-refractivity contribution in [1.82, 2.24) is 34.2 Å². The number of aromatic nitrogens is 4. The lowest BCUT2D eigenvalue weighted by atomic mass is 9.89. The SMILES string of the molecule is COc1ncc(-c2ccnc(N3CCn4c(cc5c4CC(C)(C)C5)C3=O)c2C(C)(C)O)cc1Nc1ccc(N2CCN(C3CCN(c4ccc5c(c4)C(=O)N(C4CCC(=O)N(C(C)OP(=O)(O)O)C4=O)C5=O)[C@@H](C)C3)C[C@@H]2C)cn1. The highest BCUT2D eigenvalue weighted by molar-refractivity contribution is 7.46. The van der Waals surface area contributed by atoms with E-state index in [0.717, 1.165) is 68.5 Å². The summed E-state index contributed by atoms with van der Waals surface area (Å²) in [6, 6.07) is 14.1. The van der Waals surface area contributed by atoms with E-state index in [2.05, 4.69) is 67.9 Å². The van der Waals surface area contributed by atoms with Gasteiger partial charge < -0.3 is 39.3 Å². The molecular formula is C57H68N11O11P. The molecule has 0 spiro atoms.